The Labute approximate surface area is 372 Å². The molecule has 0 unspecified atom stereocenters. The van der Waals surface area contributed by atoms with E-state index < -0.39 is 29.3 Å². The number of rotatable bonds is 22. The lowest BCUT2D eigenvalue weighted by molar-refractivity contribution is -0.157. The predicted octanol–water partition coefficient (Wildman–Crippen LogP) is 5.05. The van der Waals surface area contributed by atoms with Crippen LogP contribution in [0.1, 0.15) is 124 Å². The predicted molar refractivity (Wildman–Crippen MR) is 243 cm³/mol. The highest BCUT2D eigenvalue weighted by Gasteiger charge is 2.30. The highest BCUT2D eigenvalue weighted by atomic mass is 16.6. The van der Waals surface area contributed by atoms with Crippen LogP contribution in [0.25, 0.3) is 10.9 Å². The molecule has 1 aliphatic heterocycles. The number of aryl methyl sites for hydroxylation is 1. The fourth-order valence-electron chi connectivity index (χ4n) is 7.65. The van der Waals surface area contributed by atoms with E-state index in [0.29, 0.717) is 31.6 Å². The molecule has 18 heteroatoms. The number of nitrogens with one attached hydrogen (secondary N) is 6. The number of hydrogen-bond donors (Lipinski definition) is 6. The summed E-state index contributed by atoms with van der Waals surface area (Å²) in [6, 6.07) is 7.62. The van der Waals surface area contributed by atoms with Crippen molar-refractivity contribution in [2.75, 3.05) is 49.9 Å². The van der Waals surface area contributed by atoms with Crippen molar-refractivity contribution in [3.05, 3.63) is 36.2 Å². The van der Waals surface area contributed by atoms with Crippen molar-refractivity contribution in [3.63, 3.8) is 0 Å². The van der Waals surface area contributed by atoms with E-state index in [1.807, 2.05) is 40.0 Å². The summed E-state index contributed by atoms with van der Waals surface area (Å²) in [4.78, 5) is 62.5. The van der Waals surface area contributed by atoms with Gasteiger partial charge in [0.05, 0.1) is 18.3 Å². The van der Waals surface area contributed by atoms with E-state index in [4.69, 9.17) is 19.4 Å². The number of fused-ring (bicyclic) bond motifs is 1. The van der Waals surface area contributed by atoms with Crippen molar-refractivity contribution in [1.82, 2.24) is 51.1 Å². The number of benzene rings is 1. The normalized spacial score (nSPS) is 15.7. The van der Waals surface area contributed by atoms with Crippen molar-refractivity contribution < 1.29 is 28.7 Å². The fourth-order valence-corrected chi connectivity index (χ4v) is 7.65. The molecular formula is C45H72N12O6. The molecule has 0 spiro atoms. The molecular weight excluding hydrogens is 805 g/mol. The van der Waals surface area contributed by atoms with E-state index in [0.717, 1.165) is 74.3 Å². The summed E-state index contributed by atoms with van der Waals surface area (Å²) >= 11 is 0. The Morgan fingerprint density at radius 1 is 0.825 bits per heavy atom. The number of carbonyl (C=O) groups is 4. The molecule has 6 N–H and O–H groups in total. The van der Waals surface area contributed by atoms with Crippen molar-refractivity contribution in [3.8, 4) is 0 Å². The van der Waals surface area contributed by atoms with Gasteiger partial charge in [0.2, 0.25) is 17.8 Å². The maximum atomic E-state index is 13.1. The van der Waals surface area contributed by atoms with Crippen LogP contribution in [0.4, 0.5) is 16.6 Å². The van der Waals surface area contributed by atoms with E-state index in [-0.39, 0.29) is 43.7 Å². The average molecular weight is 877 g/mol. The minimum absolute atomic E-state index is 0.00759. The number of para-hydroxylation sites is 1. The van der Waals surface area contributed by atoms with Crippen LogP contribution in [0, 0.1) is 0 Å². The second-order valence-corrected chi connectivity index (χ2v) is 18.7. The van der Waals surface area contributed by atoms with Crippen LogP contribution in [0.2, 0.25) is 0 Å². The van der Waals surface area contributed by atoms with Crippen LogP contribution >= 0.6 is 0 Å². The Kier molecular flexibility index (Phi) is 18.7. The van der Waals surface area contributed by atoms with Gasteiger partial charge in [-0.25, -0.2) is 14.6 Å². The summed E-state index contributed by atoms with van der Waals surface area (Å²) in [6.45, 7) is 15.9. The van der Waals surface area contributed by atoms with Gasteiger partial charge in [-0.1, -0.05) is 36.6 Å². The summed E-state index contributed by atoms with van der Waals surface area (Å²) in [5.41, 5.74) is 0.0741. The fraction of sp³-hybridized carbons (Fsp3) is 0.689. The van der Waals surface area contributed by atoms with Crippen LogP contribution in [0.3, 0.4) is 0 Å². The van der Waals surface area contributed by atoms with Crippen LogP contribution < -0.4 is 31.9 Å². The second-order valence-electron chi connectivity index (χ2n) is 18.7. The zero-order chi connectivity index (χ0) is 45.2. The Morgan fingerprint density at radius 2 is 1.56 bits per heavy atom. The minimum atomic E-state index is -1.07. The van der Waals surface area contributed by atoms with Gasteiger partial charge in [-0.15, -0.1) is 5.10 Å². The van der Waals surface area contributed by atoms with Gasteiger partial charge in [-0.2, -0.15) is 4.98 Å². The number of aromatic nitrogens is 5. The van der Waals surface area contributed by atoms with Crippen molar-refractivity contribution in [1.29, 1.82) is 0 Å². The van der Waals surface area contributed by atoms with Gasteiger partial charge in [0.1, 0.15) is 28.8 Å². The number of carbonyl (C=O) groups excluding carboxylic acids is 4. The lowest BCUT2D eigenvalue weighted by Crippen LogP contribution is -2.46. The third kappa shape index (κ3) is 17.9. The van der Waals surface area contributed by atoms with Gasteiger partial charge in [0.25, 0.3) is 0 Å². The highest BCUT2D eigenvalue weighted by Crippen LogP contribution is 2.25. The molecule has 5 rings (SSSR count). The molecule has 3 heterocycles. The third-order valence-corrected chi connectivity index (χ3v) is 10.8. The van der Waals surface area contributed by atoms with Crippen LogP contribution in [0.5, 0.6) is 0 Å². The number of piperidine rings is 1. The van der Waals surface area contributed by atoms with E-state index in [1.165, 1.54) is 32.1 Å². The first kappa shape index (κ1) is 48.9. The van der Waals surface area contributed by atoms with Crippen molar-refractivity contribution >= 4 is 46.5 Å². The molecule has 18 nitrogen and oxygen atoms in total. The summed E-state index contributed by atoms with van der Waals surface area (Å²) in [7, 11) is 0. The molecule has 63 heavy (non-hydrogen) atoms. The largest absolute Gasteiger partial charge is 0.458 e. The monoisotopic (exact) mass is 877 g/mol. The SMILES string of the molecule is CC(C)(C)OC(=O)N[C@@H](CCC(=O)NCCC(=O)N1CCC(Nc2nc(NCc3cn(CCCNCCCNC4CCCCC4)nn3)nc3ccccc23)CC1)C(=O)OC(C)(C)C. The van der Waals surface area contributed by atoms with Crippen molar-refractivity contribution in [2.45, 2.75) is 161 Å². The van der Waals surface area contributed by atoms with Crippen LogP contribution in [0.15, 0.2) is 30.5 Å². The molecule has 3 aromatic rings. The van der Waals surface area contributed by atoms with E-state index in [9.17, 15) is 19.2 Å². The zero-order valence-corrected chi connectivity index (χ0v) is 38.4. The number of likely N-dealkylation sites (tertiary alicyclic amines) is 1. The smallest absolute Gasteiger partial charge is 0.408 e. The highest BCUT2D eigenvalue weighted by molar-refractivity contribution is 5.90. The first-order chi connectivity index (χ1) is 30.1. The van der Waals surface area contributed by atoms with E-state index in [2.05, 4.69) is 42.2 Å². The minimum Gasteiger partial charge on any atom is -0.458 e. The lowest BCUT2D eigenvalue weighted by Gasteiger charge is -2.33. The Bertz CT molecular complexity index is 1910. The average Bonchev–Trinajstić information content (AvgIpc) is 3.69. The molecule has 1 aliphatic carbocycles. The molecule has 0 radical (unpaired) electrons. The molecule has 0 bridgehead atoms. The first-order valence-corrected chi connectivity index (χ1v) is 23.0. The number of alkyl carbamates (subject to hydrolysis) is 1. The second kappa shape index (κ2) is 24.1. The molecule has 2 aliphatic rings. The van der Waals surface area contributed by atoms with Gasteiger partial charge in [-0.3, -0.25) is 14.3 Å². The maximum absolute atomic E-state index is 13.1. The molecule has 1 saturated heterocycles. The molecule has 2 fully saturated rings. The molecule has 1 saturated carbocycles. The van der Waals surface area contributed by atoms with E-state index >= 15 is 0 Å². The number of ether oxygens (including phenoxy) is 2. The number of nitrogens with zero attached hydrogens (tertiary/aromatic N) is 6. The number of anilines is 2. The quantitative estimate of drug-likeness (QED) is 0.0575. The Morgan fingerprint density at radius 3 is 2.30 bits per heavy atom. The van der Waals surface area contributed by atoms with Gasteiger partial charge in [0.15, 0.2) is 0 Å². The van der Waals surface area contributed by atoms with Crippen molar-refractivity contribution in [2.24, 2.45) is 0 Å². The zero-order valence-electron chi connectivity index (χ0n) is 38.4. The molecule has 2 aromatic heterocycles. The first-order valence-electron chi connectivity index (χ1n) is 23.0. The summed E-state index contributed by atoms with van der Waals surface area (Å²) in [6.07, 6.45) is 11.6. The molecule has 3 amide bonds. The van der Waals surface area contributed by atoms with E-state index in [1.54, 1.807) is 41.5 Å². The summed E-state index contributed by atoms with van der Waals surface area (Å²) < 4.78 is 12.6. The number of hydrogen-bond acceptors (Lipinski definition) is 14. The molecule has 1 aromatic carbocycles. The van der Waals surface area contributed by atoms with Gasteiger partial charge in [-0.05, 0) is 118 Å². The summed E-state index contributed by atoms with van der Waals surface area (Å²) in [5.74, 6) is 0.167. The molecule has 348 valence electrons. The Hall–Kier alpha value is -5.10. The van der Waals surface area contributed by atoms with Crippen LogP contribution in [-0.4, -0.2) is 122 Å². The Balaban J connectivity index is 1.00. The maximum Gasteiger partial charge on any atom is 0.408 e. The standard InChI is InChI=1S/C45H72N12O6/c1-44(2,3)62-41(60)37(52-43(61)63-45(4,5)6)18-19-38(58)48-26-20-39(59)56-28-21-33(22-29-56)50-40-35-16-10-11-17-36(35)51-42(53-40)49-30-34-31-57(55-54-34)27-13-24-46-23-12-25-47-32-14-8-7-9-15-32/h10-11,16-17,31-33,37,46-47H,7-9,12-15,18-30H2,1-6H3,(H,48,58)(H,52,61)(H2,49,50,51,53)/t37-/m0/s1. The van der Waals surface area contributed by atoms with Gasteiger partial charge in [0, 0.05) is 56.5 Å². The van der Waals surface area contributed by atoms with Crippen LogP contribution in [-0.2, 0) is 36.9 Å². The van der Waals surface area contributed by atoms with Gasteiger partial charge < -0.3 is 46.3 Å². The molecule has 1 atom stereocenters. The number of esters is 1. The van der Waals surface area contributed by atoms with Gasteiger partial charge >= 0.3 is 12.1 Å². The third-order valence-electron chi connectivity index (χ3n) is 10.8. The summed E-state index contributed by atoms with van der Waals surface area (Å²) in [5, 5.41) is 29.1. The number of amides is 3. The lowest BCUT2D eigenvalue weighted by atomic mass is 9.95. The topological polar surface area (TPSA) is 219 Å².